The molecular formula is C14H19BrN2O4S. The molecule has 2 N–H and O–H groups in total. The van der Waals surface area contributed by atoms with Crippen molar-refractivity contribution in [3.8, 4) is 0 Å². The topological polar surface area (TPSA) is 80.7 Å². The predicted octanol–water partition coefficient (Wildman–Crippen LogP) is 2.13. The lowest BCUT2D eigenvalue weighted by atomic mass is 9.75. The summed E-state index contributed by atoms with van der Waals surface area (Å²) < 4.78 is 12.6. The average Bonchev–Trinajstić information content (AvgIpc) is 2.95. The first-order valence-electron chi connectivity index (χ1n) is 7.36. The van der Waals surface area contributed by atoms with Gasteiger partial charge in [-0.25, -0.2) is 9.78 Å². The van der Waals surface area contributed by atoms with Gasteiger partial charge in [0.2, 0.25) is 0 Å². The van der Waals surface area contributed by atoms with E-state index in [-0.39, 0.29) is 12.2 Å². The maximum atomic E-state index is 10.9. The normalized spacial score (nSPS) is 32.2. The number of carbonyl (C=O) groups is 1. The minimum atomic E-state index is -0.953. The molecule has 2 fully saturated rings. The number of ether oxygens (including phenoxy) is 2. The maximum absolute atomic E-state index is 10.9. The van der Waals surface area contributed by atoms with E-state index in [0.717, 1.165) is 55.0 Å². The van der Waals surface area contributed by atoms with Crippen molar-refractivity contribution in [3.63, 3.8) is 0 Å². The molecule has 1 aromatic rings. The van der Waals surface area contributed by atoms with Gasteiger partial charge in [0, 0.05) is 18.5 Å². The second kappa shape index (κ2) is 6.52. The number of halogens is 1. The van der Waals surface area contributed by atoms with E-state index in [9.17, 15) is 4.79 Å². The second-order valence-electron chi connectivity index (χ2n) is 5.86. The smallest absolute Gasteiger partial charge is 0.329 e. The summed E-state index contributed by atoms with van der Waals surface area (Å²) in [5, 5.41) is 15.1. The molecule has 22 heavy (non-hydrogen) atoms. The Kier molecular flexibility index (Phi) is 4.84. The summed E-state index contributed by atoms with van der Waals surface area (Å²) in [5.41, 5.74) is -0.746. The Bertz CT molecular complexity index is 535. The van der Waals surface area contributed by atoms with Crippen LogP contribution >= 0.6 is 27.3 Å². The highest BCUT2D eigenvalue weighted by atomic mass is 79.9. The van der Waals surface area contributed by atoms with Gasteiger partial charge in [0.25, 0.3) is 0 Å². The monoisotopic (exact) mass is 390 g/mol. The summed E-state index contributed by atoms with van der Waals surface area (Å²) in [6, 6.07) is 0. The Morgan fingerprint density at radius 3 is 2.82 bits per heavy atom. The quantitative estimate of drug-likeness (QED) is 0.819. The highest BCUT2D eigenvalue weighted by Crippen LogP contribution is 2.46. The van der Waals surface area contributed by atoms with Crippen LogP contribution in [-0.2, 0) is 19.9 Å². The second-order valence-corrected chi connectivity index (χ2v) is 7.53. The largest absolute Gasteiger partial charge is 0.480 e. The molecule has 0 aromatic carbocycles. The molecule has 1 saturated heterocycles. The van der Waals surface area contributed by atoms with Gasteiger partial charge in [0.15, 0.2) is 0 Å². The molecule has 1 aliphatic heterocycles. The number of morpholine rings is 1. The summed E-state index contributed by atoms with van der Waals surface area (Å²) >= 11 is 4.88. The Labute approximate surface area is 141 Å². The van der Waals surface area contributed by atoms with Crippen LogP contribution in [0, 0.1) is 0 Å². The van der Waals surface area contributed by atoms with E-state index in [4.69, 9.17) is 14.6 Å². The molecule has 0 atom stereocenters. The summed E-state index contributed by atoms with van der Waals surface area (Å²) in [5.74, 6) is -0.953. The molecule has 0 unspecified atom stereocenters. The molecule has 1 aromatic heterocycles. The molecular weight excluding hydrogens is 372 g/mol. The number of hydrogen-bond donors (Lipinski definition) is 2. The van der Waals surface area contributed by atoms with Crippen molar-refractivity contribution < 1.29 is 19.4 Å². The molecule has 0 radical (unpaired) electrons. The fourth-order valence-electron chi connectivity index (χ4n) is 3.22. The van der Waals surface area contributed by atoms with Crippen LogP contribution in [0.15, 0.2) is 9.98 Å². The van der Waals surface area contributed by atoms with Crippen LogP contribution in [0.5, 0.6) is 0 Å². The first-order valence-corrected chi connectivity index (χ1v) is 9.03. The number of carboxylic acid groups (broad SMARTS) is 1. The number of thiazole rings is 1. The van der Waals surface area contributed by atoms with Crippen molar-refractivity contribution in [3.05, 3.63) is 15.0 Å². The van der Waals surface area contributed by atoms with Gasteiger partial charge in [0.1, 0.15) is 21.8 Å². The number of aromatic nitrogens is 1. The first kappa shape index (κ1) is 16.3. The molecule has 1 spiro atoms. The van der Waals surface area contributed by atoms with Crippen molar-refractivity contribution in [2.24, 2.45) is 0 Å². The molecule has 1 saturated carbocycles. The van der Waals surface area contributed by atoms with Gasteiger partial charge in [-0.1, -0.05) is 0 Å². The molecule has 0 bridgehead atoms. The Morgan fingerprint density at radius 2 is 2.27 bits per heavy atom. The third-order valence-corrected chi connectivity index (χ3v) is 6.18. The summed E-state index contributed by atoms with van der Waals surface area (Å²) in [6.45, 7) is 2.17. The lowest BCUT2D eigenvalue weighted by molar-refractivity contribution is -0.168. The molecule has 8 heteroatoms. The third kappa shape index (κ3) is 3.35. The maximum Gasteiger partial charge on any atom is 0.329 e. The molecule has 3 rings (SSSR count). The van der Waals surface area contributed by atoms with E-state index in [1.807, 2.05) is 5.38 Å². The van der Waals surface area contributed by atoms with Crippen LogP contribution < -0.4 is 5.32 Å². The van der Waals surface area contributed by atoms with Crippen LogP contribution in [0.4, 0.5) is 0 Å². The van der Waals surface area contributed by atoms with Crippen LogP contribution in [0.2, 0.25) is 0 Å². The van der Waals surface area contributed by atoms with Gasteiger partial charge in [0.05, 0.1) is 12.2 Å². The van der Waals surface area contributed by atoms with Crippen molar-refractivity contribution >= 4 is 33.2 Å². The minimum absolute atomic E-state index is 0.136. The summed E-state index contributed by atoms with van der Waals surface area (Å²) in [7, 11) is 0. The number of hydrogen-bond acceptors (Lipinski definition) is 6. The highest BCUT2D eigenvalue weighted by molar-refractivity contribution is 9.10. The molecule has 2 heterocycles. The summed E-state index contributed by atoms with van der Waals surface area (Å²) in [4.78, 5) is 15.4. The van der Waals surface area contributed by atoms with Crippen molar-refractivity contribution in [1.82, 2.24) is 10.3 Å². The minimum Gasteiger partial charge on any atom is -0.480 e. The SMILES string of the molecule is O=C(O)COC1(c2nc(Br)cs2)CCC2(CC1)CNCCO2. The van der Waals surface area contributed by atoms with E-state index in [1.165, 1.54) is 11.3 Å². The standard InChI is InChI=1S/C14H19BrN2O4S/c15-10-8-22-12(17-10)14(21-7-11(18)19)3-1-13(2-4-14)9-16-5-6-20-13/h8,16H,1-7,9H2,(H,18,19). The van der Waals surface area contributed by atoms with Crippen LogP contribution in [0.3, 0.4) is 0 Å². The zero-order valence-electron chi connectivity index (χ0n) is 12.1. The molecule has 2 aliphatic rings. The lowest BCUT2D eigenvalue weighted by Gasteiger charge is -2.46. The van der Waals surface area contributed by atoms with E-state index >= 15 is 0 Å². The molecule has 0 amide bonds. The van der Waals surface area contributed by atoms with E-state index < -0.39 is 11.6 Å². The lowest BCUT2D eigenvalue weighted by Crippen LogP contribution is -2.54. The Morgan fingerprint density at radius 1 is 1.50 bits per heavy atom. The third-order valence-electron chi connectivity index (χ3n) is 4.44. The zero-order chi connectivity index (χ0) is 15.6. The van der Waals surface area contributed by atoms with Crippen LogP contribution in [0.25, 0.3) is 0 Å². The van der Waals surface area contributed by atoms with Gasteiger partial charge >= 0.3 is 5.97 Å². The first-order chi connectivity index (χ1) is 10.5. The fourth-order valence-corrected chi connectivity index (χ4v) is 4.69. The highest BCUT2D eigenvalue weighted by Gasteiger charge is 2.47. The van der Waals surface area contributed by atoms with Crippen molar-refractivity contribution in [2.75, 3.05) is 26.3 Å². The van der Waals surface area contributed by atoms with Crippen molar-refractivity contribution in [1.29, 1.82) is 0 Å². The van der Waals surface area contributed by atoms with Crippen LogP contribution in [-0.4, -0.2) is 48.0 Å². The van der Waals surface area contributed by atoms with Gasteiger partial charge in [-0.2, -0.15) is 0 Å². The number of rotatable bonds is 4. The van der Waals surface area contributed by atoms with Crippen LogP contribution in [0.1, 0.15) is 30.7 Å². The van der Waals surface area contributed by atoms with E-state index in [0.29, 0.717) is 0 Å². The number of nitrogens with one attached hydrogen (secondary N) is 1. The van der Waals surface area contributed by atoms with E-state index in [1.54, 1.807) is 0 Å². The van der Waals surface area contributed by atoms with E-state index in [2.05, 4.69) is 26.2 Å². The summed E-state index contributed by atoms with van der Waals surface area (Å²) in [6.07, 6.45) is 3.14. The molecule has 122 valence electrons. The number of nitrogens with zero attached hydrogens (tertiary/aromatic N) is 1. The Hall–Kier alpha value is -0.540. The Balaban J connectivity index is 1.77. The van der Waals surface area contributed by atoms with Gasteiger partial charge < -0.3 is 19.9 Å². The number of carboxylic acids is 1. The molecule has 1 aliphatic carbocycles. The molecule has 6 nitrogen and oxygen atoms in total. The van der Waals surface area contributed by atoms with Gasteiger partial charge in [-0.15, -0.1) is 11.3 Å². The fraction of sp³-hybridized carbons (Fsp3) is 0.714. The average molecular weight is 391 g/mol. The predicted molar refractivity (Wildman–Crippen MR) is 85.1 cm³/mol. The number of aliphatic carboxylic acids is 1. The van der Waals surface area contributed by atoms with Crippen molar-refractivity contribution in [2.45, 2.75) is 36.9 Å². The van der Waals surface area contributed by atoms with Gasteiger partial charge in [-0.05, 0) is 41.6 Å². The zero-order valence-corrected chi connectivity index (χ0v) is 14.5. The van der Waals surface area contributed by atoms with Gasteiger partial charge in [-0.3, -0.25) is 0 Å².